The molecule has 54 valence electrons. The fourth-order valence-electron chi connectivity index (χ4n) is 0.749. The lowest BCUT2D eigenvalue weighted by Crippen LogP contribution is -2.03. The highest BCUT2D eigenvalue weighted by molar-refractivity contribution is 7.12. The lowest BCUT2D eigenvalue weighted by molar-refractivity contribution is 0.940. The smallest absolute Gasteiger partial charge is 0.0573 e. The third-order valence-electron chi connectivity index (χ3n) is 1.34. The zero-order valence-electron chi connectivity index (χ0n) is 6.00. The Morgan fingerprint density at radius 2 is 2.40 bits per heavy atom. The van der Waals surface area contributed by atoms with Crippen LogP contribution in [0.15, 0.2) is 24.8 Å². The van der Waals surface area contributed by atoms with E-state index in [-0.39, 0.29) is 6.04 Å². The molecule has 1 aromatic rings. The first-order valence-corrected chi connectivity index (χ1v) is 4.00. The van der Waals surface area contributed by atoms with Crippen LogP contribution >= 0.6 is 11.3 Å². The molecule has 0 aliphatic carbocycles. The van der Waals surface area contributed by atoms with Crippen molar-refractivity contribution < 1.29 is 0 Å². The Labute approximate surface area is 65.2 Å². The Morgan fingerprint density at radius 1 is 1.70 bits per heavy atom. The Hall–Kier alpha value is -0.600. The van der Waals surface area contributed by atoms with Gasteiger partial charge in [-0.05, 0) is 19.1 Å². The SMILES string of the molecule is C=C[C@H](N)c1ccc(C)s1. The van der Waals surface area contributed by atoms with Crippen LogP contribution in [0.25, 0.3) is 0 Å². The molecule has 1 aromatic heterocycles. The van der Waals surface area contributed by atoms with Crippen molar-refractivity contribution in [3.63, 3.8) is 0 Å². The predicted molar refractivity (Wildman–Crippen MR) is 46.2 cm³/mol. The minimum absolute atomic E-state index is 0.0127. The van der Waals surface area contributed by atoms with E-state index in [4.69, 9.17) is 5.73 Å². The van der Waals surface area contributed by atoms with E-state index in [1.165, 1.54) is 9.75 Å². The van der Waals surface area contributed by atoms with Crippen LogP contribution in [0.4, 0.5) is 0 Å². The van der Waals surface area contributed by atoms with Crippen LogP contribution in [0.3, 0.4) is 0 Å². The molecule has 10 heavy (non-hydrogen) atoms. The molecule has 1 heterocycles. The lowest BCUT2D eigenvalue weighted by Gasteiger charge is -1.99. The quantitative estimate of drug-likeness (QED) is 0.648. The van der Waals surface area contributed by atoms with Crippen molar-refractivity contribution in [3.05, 3.63) is 34.5 Å². The molecule has 0 aliphatic rings. The Balaban J connectivity index is 2.84. The summed E-state index contributed by atoms with van der Waals surface area (Å²) < 4.78 is 0. The first-order valence-electron chi connectivity index (χ1n) is 3.18. The monoisotopic (exact) mass is 153 g/mol. The molecule has 0 aromatic carbocycles. The highest BCUT2D eigenvalue weighted by atomic mass is 32.1. The second-order valence-electron chi connectivity index (χ2n) is 2.21. The van der Waals surface area contributed by atoms with Gasteiger partial charge in [-0.3, -0.25) is 0 Å². The normalized spacial score (nSPS) is 13.0. The number of aryl methyl sites for hydroxylation is 1. The van der Waals surface area contributed by atoms with E-state index in [0.29, 0.717) is 0 Å². The molecule has 0 aliphatic heterocycles. The van der Waals surface area contributed by atoms with E-state index in [1.807, 2.05) is 6.07 Å². The fraction of sp³-hybridized carbons (Fsp3) is 0.250. The van der Waals surface area contributed by atoms with Crippen LogP contribution < -0.4 is 5.73 Å². The molecule has 0 bridgehead atoms. The van der Waals surface area contributed by atoms with Crippen LogP contribution in [0, 0.1) is 6.92 Å². The van der Waals surface area contributed by atoms with E-state index in [0.717, 1.165) is 0 Å². The molecule has 1 rings (SSSR count). The average molecular weight is 153 g/mol. The standard InChI is InChI=1S/C8H11NS/c1-3-7(9)8-5-4-6(2)10-8/h3-5,7H,1,9H2,2H3/t7-/m0/s1. The maximum Gasteiger partial charge on any atom is 0.0573 e. The van der Waals surface area contributed by atoms with E-state index < -0.39 is 0 Å². The van der Waals surface area contributed by atoms with Gasteiger partial charge in [0.2, 0.25) is 0 Å². The van der Waals surface area contributed by atoms with Crippen molar-refractivity contribution in [3.8, 4) is 0 Å². The van der Waals surface area contributed by atoms with Gasteiger partial charge in [-0.2, -0.15) is 0 Å². The number of rotatable bonds is 2. The molecule has 0 fully saturated rings. The average Bonchev–Trinajstić information content (AvgIpc) is 2.34. The molecular weight excluding hydrogens is 142 g/mol. The van der Waals surface area contributed by atoms with Gasteiger partial charge in [0.05, 0.1) is 6.04 Å². The fourth-order valence-corrected chi connectivity index (χ4v) is 1.62. The highest BCUT2D eigenvalue weighted by Crippen LogP contribution is 2.20. The number of thiophene rings is 1. The van der Waals surface area contributed by atoms with E-state index >= 15 is 0 Å². The van der Waals surface area contributed by atoms with E-state index in [2.05, 4.69) is 19.6 Å². The molecular formula is C8H11NS. The van der Waals surface area contributed by atoms with Gasteiger partial charge in [-0.15, -0.1) is 17.9 Å². The van der Waals surface area contributed by atoms with Crippen molar-refractivity contribution in [2.24, 2.45) is 5.73 Å². The molecule has 0 saturated heterocycles. The van der Waals surface area contributed by atoms with Gasteiger partial charge in [-0.1, -0.05) is 6.08 Å². The Bertz CT molecular complexity index is 227. The minimum atomic E-state index is 0.0127. The number of hydrogen-bond acceptors (Lipinski definition) is 2. The van der Waals surface area contributed by atoms with Gasteiger partial charge in [-0.25, -0.2) is 0 Å². The summed E-state index contributed by atoms with van der Waals surface area (Å²) in [5, 5.41) is 0. The molecule has 0 spiro atoms. The molecule has 2 N–H and O–H groups in total. The Morgan fingerprint density at radius 3 is 2.80 bits per heavy atom. The lowest BCUT2D eigenvalue weighted by atomic mass is 10.2. The van der Waals surface area contributed by atoms with Crippen molar-refractivity contribution in [1.82, 2.24) is 0 Å². The third kappa shape index (κ3) is 1.46. The maximum atomic E-state index is 5.70. The zero-order chi connectivity index (χ0) is 7.56. The van der Waals surface area contributed by atoms with Crippen LogP contribution in [0.5, 0.6) is 0 Å². The minimum Gasteiger partial charge on any atom is -0.320 e. The molecule has 2 heteroatoms. The number of nitrogens with two attached hydrogens (primary N) is 1. The van der Waals surface area contributed by atoms with Crippen LogP contribution in [-0.4, -0.2) is 0 Å². The van der Waals surface area contributed by atoms with Crippen molar-refractivity contribution in [1.29, 1.82) is 0 Å². The highest BCUT2D eigenvalue weighted by Gasteiger charge is 2.01. The molecule has 0 saturated carbocycles. The predicted octanol–water partition coefficient (Wildman–Crippen LogP) is 2.24. The summed E-state index contributed by atoms with van der Waals surface area (Å²) in [4.78, 5) is 2.49. The van der Waals surface area contributed by atoms with Gasteiger partial charge in [0.25, 0.3) is 0 Å². The van der Waals surface area contributed by atoms with Gasteiger partial charge in [0, 0.05) is 9.75 Å². The first kappa shape index (κ1) is 7.51. The molecule has 0 amide bonds. The van der Waals surface area contributed by atoms with Crippen molar-refractivity contribution in [2.75, 3.05) is 0 Å². The summed E-state index contributed by atoms with van der Waals surface area (Å²) in [6.07, 6.45) is 1.76. The van der Waals surface area contributed by atoms with E-state index in [9.17, 15) is 0 Å². The summed E-state index contributed by atoms with van der Waals surface area (Å²) in [6, 6.07) is 4.13. The van der Waals surface area contributed by atoms with Crippen molar-refractivity contribution in [2.45, 2.75) is 13.0 Å². The third-order valence-corrected chi connectivity index (χ3v) is 2.45. The summed E-state index contributed by atoms with van der Waals surface area (Å²) in [5.41, 5.74) is 5.70. The van der Waals surface area contributed by atoms with E-state index in [1.54, 1.807) is 17.4 Å². The van der Waals surface area contributed by atoms with Gasteiger partial charge < -0.3 is 5.73 Å². The zero-order valence-corrected chi connectivity index (χ0v) is 6.82. The van der Waals surface area contributed by atoms with Crippen LogP contribution in [0.2, 0.25) is 0 Å². The van der Waals surface area contributed by atoms with Gasteiger partial charge in [0.1, 0.15) is 0 Å². The van der Waals surface area contributed by atoms with Crippen LogP contribution in [0.1, 0.15) is 15.8 Å². The maximum absolute atomic E-state index is 5.70. The molecule has 1 atom stereocenters. The van der Waals surface area contributed by atoms with Gasteiger partial charge >= 0.3 is 0 Å². The van der Waals surface area contributed by atoms with Crippen molar-refractivity contribution >= 4 is 11.3 Å². The van der Waals surface area contributed by atoms with Gasteiger partial charge in [0.15, 0.2) is 0 Å². The topological polar surface area (TPSA) is 26.0 Å². The first-order chi connectivity index (χ1) is 4.74. The molecule has 0 unspecified atom stereocenters. The van der Waals surface area contributed by atoms with Crippen LogP contribution in [-0.2, 0) is 0 Å². The number of hydrogen-bond donors (Lipinski definition) is 1. The Kier molecular flexibility index (Phi) is 2.25. The summed E-state index contributed by atoms with van der Waals surface area (Å²) in [6.45, 7) is 5.70. The molecule has 1 nitrogen and oxygen atoms in total. The molecule has 0 radical (unpaired) electrons. The summed E-state index contributed by atoms with van der Waals surface area (Å²) in [7, 11) is 0. The second kappa shape index (κ2) is 2.99. The summed E-state index contributed by atoms with van der Waals surface area (Å²) in [5.74, 6) is 0. The summed E-state index contributed by atoms with van der Waals surface area (Å²) >= 11 is 1.72. The largest absolute Gasteiger partial charge is 0.320 e. The second-order valence-corrected chi connectivity index (χ2v) is 3.53.